The van der Waals surface area contributed by atoms with E-state index in [0.717, 1.165) is 55.9 Å². The van der Waals surface area contributed by atoms with Gasteiger partial charge in [-0.25, -0.2) is 9.97 Å². The van der Waals surface area contributed by atoms with Gasteiger partial charge in [0.25, 0.3) is 0 Å². The predicted octanol–water partition coefficient (Wildman–Crippen LogP) is 2.64. The molecule has 2 heterocycles. The SMILES string of the molecule is CCCNc1cc(N2CCOC(CC)C2)nc(SC)n1. The molecule has 1 saturated heterocycles. The Hall–Kier alpha value is -1.01. The molecular weight excluding hydrogens is 272 g/mol. The van der Waals surface area contributed by atoms with Gasteiger partial charge >= 0.3 is 0 Å². The molecular formula is C14H24N4OS. The van der Waals surface area contributed by atoms with Gasteiger partial charge in [0.2, 0.25) is 0 Å². The maximum absolute atomic E-state index is 5.72. The van der Waals surface area contributed by atoms with Crippen LogP contribution in [0.1, 0.15) is 26.7 Å². The number of aromatic nitrogens is 2. The van der Waals surface area contributed by atoms with E-state index in [1.165, 1.54) is 0 Å². The molecule has 0 radical (unpaired) electrons. The predicted molar refractivity (Wildman–Crippen MR) is 84.8 cm³/mol. The molecule has 0 amide bonds. The number of hydrogen-bond acceptors (Lipinski definition) is 6. The first-order valence-corrected chi connectivity index (χ1v) is 8.52. The lowest BCUT2D eigenvalue weighted by atomic mass is 10.2. The number of nitrogens with one attached hydrogen (secondary N) is 1. The summed E-state index contributed by atoms with van der Waals surface area (Å²) in [6.45, 7) is 7.83. The minimum Gasteiger partial charge on any atom is -0.375 e. The van der Waals surface area contributed by atoms with Gasteiger partial charge < -0.3 is 15.0 Å². The van der Waals surface area contributed by atoms with Crippen LogP contribution in [0.4, 0.5) is 11.6 Å². The fourth-order valence-electron chi connectivity index (χ4n) is 2.18. The van der Waals surface area contributed by atoms with Crippen LogP contribution in [0.15, 0.2) is 11.2 Å². The third-order valence-electron chi connectivity index (χ3n) is 3.35. The van der Waals surface area contributed by atoms with Crippen molar-refractivity contribution in [2.24, 2.45) is 0 Å². The molecule has 5 nitrogen and oxygen atoms in total. The number of thioether (sulfide) groups is 1. The van der Waals surface area contributed by atoms with Crippen molar-refractivity contribution in [1.82, 2.24) is 9.97 Å². The molecule has 1 N–H and O–H groups in total. The third-order valence-corrected chi connectivity index (χ3v) is 3.90. The van der Waals surface area contributed by atoms with Crippen LogP contribution >= 0.6 is 11.8 Å². The average molecular weight is 296 g/mol. The van der Waals surface area contributed by atoms with Crippen molar-refractivity contribution >= 4 is 23.4 Å². The Kier molecular flexibility index (Phi) is 5.91. The zero-order valence-electron chi connectivity index (χ0n) is 12.6. The smallest absolute Gasteiger partial charge is 0.191 e. The molecule has 0 saturated carbocycles. The number of ether oxygens (including phenoxy) is 1. The van der Waals surface area contributed by atoms with Crippen LogP contribution in [-0.2, 0) is 4.74 Å². The largest absolute Gasteiger partial charge is 0.375 e. The topological polar surface area (TPSA) is 50.3 Å². The summed E-state index contributed by atoms with van der Waals surface area (Å²) in [6.07, 6.45) is 4.45. The van der Waals surface area contributed by atoms with E-state index in [9.17, 15) is 0 Å². The van der Waals surface area contributed by atoms with Gasteiger partial charge in [-0.05, 0) is 19.1 Å². The van der Waals surface area contributed by atoms with Crippen molar-refractivity contribution < 1.29 is 4.74 Å². The summed E-state index contributed by atoms with van der Waals surface area (Å²) < 4.78 is 5.72. The molecule has 2 rings (SSSR count). The number of morpholine rings is 1. The van der Waals surface area contributed by atoms with E-state index < -0.39 is 0 Å². The van der Waals surface area contributed by atoms with Crippen molar-refractivity contribution in [2.75, 3.05) is 42.7 Å². The molecule has 6 heteroatoms. The number of rotatable bonds is 6. The summed E-state index contributed by atoms with van der Waals surface area (Å²) in [7, 11) is 0. The fourth-order valence-corrected chi connectivity index (χ4v) is 2.56. The van der Waals surface area contributed by atoms with Crippen molar-refractivity contribution in [3.8, 4) is 0 Å². The quantitative estimate of drug-likeness (QED) is 0.643. The number of anilines is 2. The lowest BCUT2D eigenvalue weighted by molar-refractivity contribution is 0.0381. The first-order chi connectivity index (χ1) is 9.76. The van der Waals surface area contributed by atoms with Gasteiger partial charge in [0.15, 0.2) is 5.16 Å². The van der Waals surface area contributed by atoms with Crippen LogP contribution in [0, 0.1) is 0 Å². The molecule has 1 unspecified atom stereocenters. The second-order valence-electron chi connectivity index (χ2n) is 4.87. The summed E-state index contributed by atoms with van der Waals surface area (Å²) in [6, 6.07) is 2.05. The van der Waals surface area contributed by atoms with E-state index in [-0.39, 0.29) is 0 Å². The lowest BCUT2D eigenvalue weighted by Gasteiger charge is -2.33. The molecule has 1 aliphatic heterocycles. The van der Waals surface area contributed by atoms with Gasteiger partial charge in [0, 0.05) is 25.7 Å². The van der Waals surface area contributed by atoms with Crippen LogP contribution in [0.5, 0.6) is 0 Å². The second-order valence-corrected chi connectivity index (χ2v) is 5.65. The Morgan fingerprint density at radius 3 is 3.00 bits per heavy atom. The number of hydrogen-bond donors (Lipinski definition) is 1. The highest BCUT2D eigenvalue weighted by atomic mass is 32.2. The van der Waals surface area contributed by atoms with Crippen molar-refractivity contribution in [1.29, 1.82) is 0 Å². The van der Waals surface area contributed by atoms with Gasteiger partial charge in [-0.1, -0.05) is 25.6 Å². The van der Waals surface area contributed by atoms with E-state index in [4.69, 9.17) is 4.74 Å². The maximum Gasteiger partial charge on any atom is 0.191 e. The van der Waals surface area contributed by atoms with E-state index in [1.54, 1.807) is 11.8 Å². The number of nitrogens with zero attached hydrogens (tertiary/aromatic N) is 3. The minimum atomic E-state index is 0.309. The molecule has 112 valence electrons. The zero-order valence-corrected chi connectivity index (χ0v) is 13.4. The van der Waals surface area contributed by atoms with E-state index in [1.807, 2.05) is 12.3 Å². The van der Waals surface area contributed by atoms with Gasteiger partial charge in [0.1, 0.15) is 11.6 Å². The molecule has 1 atom stereocenters. The molecule has 0 aromatic carbocycles. The molecule has 1 aromatic rings. The Morgan fingerprint density at radius 2 is 2.30 bits per heavy atom. The first-order valence-electron chi connectivity index (χ1n) is 7.30. The minimum absolute atomic E-state index is 0.309. The van der Waals surface area contributed by atoms with Gasteiger partial charge in [0.05, 0.1) is 12.7 Å². The Balaban J connectivity index is 2.16. The van der Waals surface area contributed by atoms with Crippen molar-refractivity contribution in [2.45, 2.75) is 37.9 Å². The maximum atomic E-state index is 5.72. The average Bonchev–Trinajstić information content (AvgIpc) is 2.52. The molecule has 20 heavy (non-hydrogen) atoms. The normalized spacial score (nSPS) is 19.1. The molecule has 1 aliphatic rings. The van der Waals surface area contributed by atoms with Crippen LogP contribution in [0.25, 0.3) is 0 Å². The Bertz CT molecular complexity index is 430. The zero-order chi connectivity index (χ0) is 14.4. The fraction of sp³-hybridized carbons (Fsp3) is 0.714. The summed E-state index contributed by atoms with van der Waals surface area (Å²) >= 11 is 1.58. The summed E-state index contributed by atoms with van der Waals surface area (Å²) in [4.78, 5) is 11.4. The Morgan fingerprint density at radius 1 is 1.45 bits per heavy atom. The monoisotopic (exact) mass is 296 g/mol. The van der Waals surface area contributed by atoms with E-state index >= 15 is 0 Å². The summed E-state index contributed by atoms with van der Waals surface area (Å²) in [5, 5.41) is 4.17. The summed E-state index contributed by atoms with van der Waals surface area (Å²) in [5.41, 5.74) is 0. The standard InChI is InChI=1S/C14H24N4OS/c1-4-6-15-12-9-13(17-14(16-12)20-3)18-7-8-19-11(5-2)10-18/h9,11H,4-8,10H2,1-3H3,(H,15,16,17). The first kappa shape index (κ1) is 15.4. The van der Waals surface area contributed by atoms with E-state index in [2.05, 4.69) is 34.0 Å². The summed E-state index contributed by atoms with van der Waals surface area (Å²) in [5.74, 6) is 1.92. The molecule has 0 spiro atoms. The van der Waals surface area contributed by atoms with Gasteiger partial charge in [-0.15, -0.1) is 0 Å². The second kappa shape index (κ2) is 7.69. The molecule has 1 fully saturated rings. The third kappa shape index (κ3) is 3.99. The van der Waals surface area contributed by atoms with Crippen molar-refractivity contribution in [3.63, 3.8) is 0 Å². The van der Waals surface area contributed by atoms with Gasteiger partial charge in [-0.3, -0.25) is 0 Å². The Labute approximate surface area is 125 Å². The highest BCUT2D eigenvalue weighted by Crippen LogP contribution is 2.22. The van der Waals surface area contributed by atoms with Crippen LogP contribution < -0.4 is 10.2 Å². The highest BCUT2D eigenvalue weighted by Gasteiger charge is 2.21. The lowest BCUT2D eigenvalue weighted by Crippen LogP contribution is -2.42. The van der Waals surface area contributed by atoms with Crippen LogP contribution in [0.2, 0.25) is 0 Å². The highest BCUT2D eigenvalue weighted by molar-refractivity contribution is 7.98. The molecule has 0 bridgehead atoms. The van der Waals surface area contributed by atoms with E-state index in [0.29, 0.717) is 6.10 Å². The van der Waals surface area contributed by atoms with Crippen molar-refractivity contribution in [3.05, 3.63) is 6.07 Å². The molecule has 0 aliphatic carbocycles. The molecule has 1 aromatic heterocycles. The van der Waals surface area contributed by atoms with Gasteiger partial charge in [-0.2, -0.15) is 0 Å². The van der Waals surface area contributed by atoms with Crippen LogP contribution in [0.3, 0.4) is 0 Å². The van der Waals surface area contributed by atoms with Crippen LogP contribution in [-0.4, -0.2) is 48.6 Å².